The Balaban J connectivity index is 2.22. The lowest BCUT2D eigenvalue weighted by atomic mass is 10.2. The molecule has 0 atom stereocenters. The number of thiocarbonyl (C=S) groups is 1. The summed E-state index contributed by atoms with van der Waals surface area (Å²) in [4.78, 5) is 0.361. The van der Waals surface area contributed by atoms with Gasteiger partial charge >= 0.3 is 0 Å². The van der Waals surface area contributed by atoms with Gasteiger partial charge in [0.1, 0.15) is 28.0 Å². The van der Waals surface area contributed by atoms with Gasteiger partial charge in [0.05, 0.1) is 14.2 Å². The lowest BCUT2D eigenvalue weighted by Gasteiger charge is -2.10. The predicted molar refractivity (Wildman–Crippen MR) is 81.9 cm³/mol. The SMILES string of the molecule is COc1cc(OC)cc(Oc2ccc(C(N)=S)cc2)c1. The van der Waals surface area contributed by atoms with Crippen LogP contribution in [-0.2, 0) is 0 Å². The van der Waals surface area contributed by atoms with Gasteiger partial charge in [0.2, 0.25) is 0 Å². The van der Waals surface area contributed by atoms with Crippen molar-refractivity contribution in [1.82, 2.24) is 0 Å². The van der Waals surface area contributed by atoms with Gasteiger partial charge in [0.15, 0.2) is 0 Å². The van der Waals surface area contributed by atoms with Crippen molar-refractivity contribution in [2.75, 3.05) is 14.2 Å². The molecule has 0 heterocycles. The van der Waals surface area contributed by atoms with E-state index in [2.05, 4.69) is 0 Å². The third kappa shape index (κ3) is 3.39. The maximum absolute atomic E-state index is 5.75. The average molecular weight is 289 g/mol. The Kier molecular flexibility index (Phi) is 4.42. The fraction of sp³-hybridized carbons (Fsp3) is 0.133. The molecule has 0 saturated heterocycles. The first-order chi connectivity index (χ1) is 9.62. The van der Waals surface area contributed by atoms with Gasteiger partial charge in [-0.3, -0.25) is 0 Å². The highest BCUT2D eigenvalue weighted by Gasteiger charge is 2.04. The van der Waals surface area contributed by atoms with Gasteiger partial charge in [0.25, 0.3) is 0 Å². The Morgan fingerprint density at radius 1 is 0.850 bits per heavy atom. The highest BCUT2D eigenvalue weighted by atomic mass is 32.1. The zero-order chi connectivity index (χ0) is 14.5. The molecule has 0 aliphatic rings. The summed E-state index contributed by atoms with van der Waals surface area (Å²) in [6.45, 7) is 0. The number of methoxy groups -OCH3 is 2. The molecule has 0 aliphatic heterocycles. The summed E-state index contributed by atoms with van der Waals surface area (Å²) < 4.78 is 16.1. The minimum atomic E-state index is 0.361. The van der Waals surface area contributed by atoms with Gasteiger partial charge < -0.3 is 19.9 Å². The Morgan fingerprint density at radius 2 is 1.35 bits per heavy atom. The molecule has 0 unspecified atom stereocenters. The van der Waals surface area contributed by atoms with E-state index in [9.17, 15) is 0 Å². The van der Waals surface area contributed by atoms with E-state index in [1.807, 2.05) is 12.1 Å². The standard InChI is InChI=1S/C15H15NO3S/c1-17-12-7-13(18-2)9-14(8-12)19-11-5-3-10(4-6-11)15(16)20/h3-9H,1-2H3,(H2,16,20). The molecule has 5 heteroatoms. The van der Waals surface area contributed by atoms with Crippen LogP contribution in [0.15, 0.2) is 42.5 Å². The molecule has 0 amide bonds. The average Bonchev–Trinajstić information content (AvgIpc) is 2.47. The first-order valence-corrected chi connectivity index (χ1v) is 6.34. The largest absolute Gasteiger partial charge is 0.496 e. The number of hydrogen-bond acceptors (Lipinski definition) is 4. The molecule has 0 bridgehead atoms. The summed E-state index contributed by atoms with van der Waals surface area (Å²) >= 11 is 4.90. The van der Waals surface area contributed by atoms with Crippen LogP contribution in [0, 0.1) is 0 Å². The molecule has 0 aliphatic carbocycles. The monoisotopic (exact) mass is 289 g/mol. The van der Waals surface area contributed by atoms with Crippen molar-refractivity contribution in [3.05, 3.63) is 48.0 Å². The van der Waals surface area contributed by atoms with Crippen molar-refractivity contribution in [3.8, 4) is 23.0 Å². The summed E-state index contributed by atoms with van der Waals surface area (Å²) in [5.74, 6) is 2.64. The van der Waals surface area contributed by atoms with E-state index in [4.69, 9.17) is 32.2 Å². The topological polar surface area (TPSA) is 53.7 Å². The first kappa shape index (κ1) is 14.1. The van der Waals surface area contributed by atoms with Crippen molar-refractivity contribution >= 4 is 17.2 Å². The van der Waals surface area contributed by atoms with Crippen LogP contribution in [0.2, 0.25) is 0 Å². The molecular formula is C15H15NO3S. The molecule has 0 aromatic heterocycles. The van der Waals surface area contributed by atoms with Crippen molar-refractivity contribution in [1.29, 1.82) is 0 Å². The van der Waals surface area contributed by atoms with Crippen molar-refractivity contribution < 1.29 is 14.2 Å². The van der Waals surface area contributed by atoms with Crippen LogP contribution < -0.4 is 19.9 Å². The molecule has 0 spiro atoms. The summed E-state index contributed by atoms with van der Waals surface area (Å²) in [7, 11) is 3.19. The van der Waals surface area contributed by atoms with Crippen LogP contribution in [0.3, 0.4) is 0 Å². The van der Waals surface area contributed by atoms with Crippen LogP contribution >= 0.6 is 12.2 Å². The van der Waals surface area contributed by atoms with E-state index in [-0.39, 0.29) is 0 Å². The zero-order valence-corrected chi connectivity index (χ0v) is 12.1. The molecule has 0 radical (unpaired) electrons. The van der Waals surface area contributed by atoms with Crippen LogP contribution in [0.25, 0.3) is 0 Å². The minimum Gasteiger partial charge on any atom is -0.496 e. The van der Waals surface area contributed by atoms with E-state index < -0.39 is 0 Å². The predicted octanol–water partition coefficient (Wildman–Crippen LogP) is 3.13. The van der Waals surface area contributed by atoms with Crippen LogP contribution in [0.4, 0.5) is 0 Å². The highest BCUT2D eigenvalue weighted by molar-refractivity contribution is 7.80. The van der Waals surface area contributed by atoms with Gasteiger partial charge in [-0.25, -0.2) is 0 Å². The maximum Gasteiger partial charge on any atom is 0.134 e. The normalized spacial score (nSPS) is 9.90. The number of rotatable bonds is 5. The Bertz CT molecular complexity index is 589. The lowest BCUT2D eigenvalue weighted by molar-refractivity contribution is 0.386. The maximum atomic E-state index is 5.75. The highest BCUT2D eigenvalue weighted by Crippen LogP contribution is 2.30. The second-order valence-corrected chi connectivity index (χ2v) is 4.48. The van der Waals surface area contributed by atoms with Crippen molar-refractivity contribution in [2.24, 2.45) is 5.73 Å². The van der Waals surface area contributed by atoms with E-state index in [0.717, 1.165) is 5.56 Å². The van der Waals surface area contributed by atoms with Crippen LogP contribution in [0.5, 0.6) is 23.0 Å². The third-order valence-electron chi connectivity index (χ3n) is 2.70. The molecule has 0 fully saturated rings. The van der Waals surface area contributed by atoms with Gasteiger partial charge in [-0.1, -0.05) is 12.2 Å². The molecule has 2 aromatic carbocycles. The number of hydrogen-bond donors (Lipinski definition) is 1. The zero-order valence-electron chi connectivity index (χ0n) is 11.3. The molecule has 2 N–H and O–H groups in total. The van der Waals surface area contributed by atoms with Gasteiger partial charge in [-0.2, -0.15) is 0 Å². The summed E-state index contributed by atoms with van der Waals surface area (Å²) in [5, 5.41) is 0. The number of benzene rings is 2. The van der Waals surface area contributed by atoms with Crippen molar-refractivity contribution in [2.45, 2.75) is 0 Å². The smallest absolute Gasteiger partial charge is 0.134 e. The third-order valence-corrected chi connectivity index (χ3v) is 2.94. The van der Waals surface area contributed by atoms with Gasteiger partial charge in [0, 0.05) is 23.8 Å². The van der Waals surface area contributed by atoms with E-state index in [0.29, 0.717) is 28.0 Å². The summed E-state index contributed by atoms with van der Waals surface area (Å²) in [5.41, 5.74) is 6.35. The first-order valence-electron chi connectivity index (χ1n) is 5.93. The van der Waals surface area contributed by atoms with E-state index in [1.165, 1.54) is 0 Å². The summed E-state index contributed by atoms with van der Waals surface area (Å²) in [6, 6.07) is 12.6. The van der Waals surface area contributed by atoms with Crippen molar-refractivity contribution in [3.63, 3.8) is 0 Å². The quantitative estimate of drug-likeness (QED) is 0.857. The Morgan fingerprint density at radius 3 is 1.80 bits per heavy atom. The number of ether oxygens (including phenoxy) is 3. The Hall–Kier alpha value is -2.27. The second-order valence-electron chi connectivity index (χ2n) is 4.04. The Labute approximate surface area is 123 Å². The minimum absolute atomic E-state index is 0.361. The summed E-state index contributed by atoms with van der Waals surface area (Å²) in [6.07, 6.45) is 0. The molecular weight excluding hydrogens is 274 g/mol. The van der Waals surface area contributed by atoms with Gasteiger partial charge in [-0.05, 0) is 24.3 Å². The molecule has 2 rings (SSSR count). The van der Waals surface area contributed by atoms with E-state index in [1.54, 1.807) is 44.6 Å². The second kappa shape index (κ2) is 6.25. The fourth-order valence-electron chi connectivity index (χ4n) is 1.66. The van der Waals surface area contributed by atoms with Crippen LogP contribution in [0.1, 0.15) is 5.56 Å². The van der Waals surface area contributed by atoms with Gasteiger partial charge in [-0.15, -0.1) is 0 Å². The molecule has 4 nitrogen and oxygen atoms in total. The lowest BCUT2D eigenvalue weighted by Crippen LogP contribution is -2.08. The molecule has 104 valence electrons. The van der Waals surface area contributed by atoms with E-state index >= 15 is 0 Å². The number of nitrogens with two attached hydrogens (primary N) is 1. The van der Waals surface area contributed by atoms with Crippen LogP contribution in [-0.4, -0.2) is 19.2 Å². The molecule has 20 heavy (non-hydrogen) atoms. The molecule has 0 saturated carbocycles. The molecule has 2 aromatic rings. The fourth-order valence-corrected chi connectivity index (χ4v) is 1.80.